The molecule has 0 fully saturated rings. The lowest BCUT2D eigenvalue weighted by molar-refractivity contribution is -0.384. The summed E-state index contributed by atoms with van der Waals surface area (Å²) in [5.41, 5.74) is 0.900. The van der Waals surface area contributed by atoms with E-state index in [-0.39, 0.29) is 11.5 Å². The van der Waals surface area contributed by atoms with Gasteiger partial charge in [0.1, 0.15) is 18.2 Å². The van der Waals surface area contributed by atoms with Gasteiger partial charge in [-0.15, -0.1) is 0 Å². The maximum atomic E-state index is 13.0. The SMILES string of the molecule is O=[N+]([O-])c1ccc(OCCNCc2cccc(F)c2)cc1. The van der Waals surface area contributed by atoms with Crippen LogP contribution in [0.3, 0.4) is 0 Å². The summed E-state index contributed by atoms with van der Waals surface area (Å²) in [6, 6.07) is 12.3. The summed E-state index contributed by atoms with van der Waals surface area (Å²) in [5, 5.41) is 13.6. The molecule has 2 rings (SSSR count). The third-order valence-corrected chi connectivity index (χ3v) is 2.81. The molecule has 0 spiro atoms. The molecule has 0 aliphatic heterocycles. The molecule has 2 aromatic carbocycles. The molecule has 5 nitrogen and oxygen atoms in total. The van der Waals surface area contributed by atoms with Crippen molar-refractivity contribution in [2.75, 3.05) is 13.2 Å². The summed E-state index contributed by atoms with van der Waals surface area (Å²) in [6.45, 7) is 1.57. The Balaban J connectivity index is 1.69. The number of nitrogens with zero attached hydrogens (tertiary/aromatic N) is 1. The first-order valence-electron chi connectivity index (χ1n) is 6.47. The molecule has 21 heavy (non-hydrogen) atoms. The smallest absolute Gasteiger partial charge is 0.269 e. The van der Waals surface area contributed by atoms with Crippen molar-refractivity contribution in [1.29, 1.82) is 0 Å². The van der Waals surface area contributed by atoms with Crippen molar-refractivity contribution in [1.82, 2.24) is 5.32 Å². The van der Waals surface area contributed by atoms with E-state index in [1.165, 1.54) is 24.3 Å². The molecule has 110 valence electrons. The van der Waals surface area contributed by atoms with Crippen LogP contribution in [0.4, 0.5) is 10.1 Å². The largest absolute Gasteiger partial charge is 0.492 e. The quantitative estimate of drug-likeness (QED) is 0.484. The minimum atomic E-state index is -0.454. The number of hydrogen-bond acceptors (Lipinski definition) is 4. The molecule has 0 radical (unpaired) electrons. The number of hydrogen-bond donors (Lipinski definition) is 1. The van der Waals surface area contributed by atoms with E-state index in [1.54, 1.807) is 18.2 Å². The molecule has 1 N–H and O–H groups in total. The fourth-order valence-electron chi connectivity index (χ4n) is 1.78. The fourth-order valence-corrected chi connectivity index (χ4v) is 1.78. The molecule has 0 aliphatic carbocycles. The third kappa shape index (κ3) is 4.85. The predicted octanol–water partition coefficient (Wildman–Crippen LogP) is 2.90. The Hall–Kier alpha value is -2.47. The van der Waals surface area contributed by atoms with Gasteiger partial charge in [0.05, 0.1) is 4.92 Å². The number of benzene rings is 2. The molecule has 0 bridgehead atoms. The van der Waals surface area contributed by atoms with E-state index in [0.29, 0.717) is 25.4 Å². The molecule has 0 unspecified atom stereocenters. The minimum absolute atomic E-state index is 0.0339. The van der Waals surface area contributed by atoms with Crippen LogP contribution in [0.1, 0.15) is 5.56 Å². The van der Waals surface area contributed by atoms with Crippen molar-refractivity contribution in [3.8, 4) is 5.75 Å². The molecule has 0 amide bonds. The van der Waals surface area contributed by atoms with Crippen LogP contribution >= 0.6 is 0 Å². The minimum Gasteiger partial charge on any atom is -0.492 e. The third-order valence-electron chi connectivity index (χ3n) is 2.81. The van der Waals surface area contributed by atoms with Crippen LogP contribution in [-0.4, -0.2) is 18.1 Å². The van der Waals surface area contributed by atoms with Gasteiger partial charge in [-0.2, -0.15) is 0 Å². The second-order valence-corrected chi connectivity index (χ2v) is 4.41. The average molecular weight is 290 g/mol. The van der Waals surface area contributed by atoms with Crippen molar-refractivity contribution in [2.24, 2.45) is 0 Å². The molecule has 6 heteroatoms. The van der Waals surface area contributed by atoms with Crippen LogP contribution in [-0.2, 0) is 6.54 Å². The van der Waals surface area contributed by atoms with Crippen LogP contribution in [0.25, 0.3) is 0 Å². The maximum Gasteiger partial charge on any atom is 0.269 e. The number of nitrogens with one attached hydrogen (secondary N) is 1. The standard InChI is InChI=1S/C15H15FN2O3/c16-13-3-1-2-12(10-13)11-17-8-9-21-15-6-4-14(5-7-15)18(19)20/h1-7,10,17H,8-9,11H2. The molecule has 0 aromatic heterocycles. The Kier molecular flexibility index (Phi) is 5.22. The van der Waals surface area contributed by atoms with Crippen molar-refractivity contribution >= 4 is 5.69 Å². The Bertz CT molecular complexity index is 602. The Morgan fingerprint density at radius 2 is 1.95 bits per heavy atom. The van der Waals surface area contributed by atoms with Gasteiger partial charge in [-0.3, -0.25) is 10.1 Å². The van der Waals surface area contributed by atoms with Crippen molar-refractivity contribution in [2.45, 2.75) is 6.54 Å². The van der Waals surface area contributed by atoms with E-state index in [9.17, 15) is 14.5 Å². The number of nitro benzene ring substituents is 1. The average Bonchev–Trinajstić information content (AvgIpc) is 2.47. The van der Waals surface area contributed by atoms with Gasteiger partial charge in [0, 0.05) is 25.2 Å². The summed E-state index contributed by atoms with van der Waals surface area (Å²) in [7, 11) is 0. The van der Waals surface area contributed by atoms with Gasteiger partial charge in [0.15, 0.2) is 0 Å². The van der Waals surface area contributed by atoms with Crippen LogP contribution < -0.4 is 10.1 Å². The van der Waals surface area contributed by atoms with Crippen molar-refractivity contribution < 1.29 is 14.1 Å². The number of rotatable bonds is 7. The van der Waals surface area contributed by atoms with Gasteiger partial charge in [0.25, 0.3) is 5.69 Å². The van der Waals surface area contributed by atoms with Gasteiger partial charge < -0.3 is 10.1 Å². The Morgan fingerprint density at radius 3 is 2.62 bits per heavy atom. The second-order valence-electron chi connectivity index (χ2n) is 4.41. The zero-order valence-corrected chi connectivity index (χ0v) is 11.3. The summed E-state index contributed by atoms with van der Waals surface area (Å²) < 4.78 is 18.4. The van der Waals surface area contributed by atoms with Crippen molar-refractivity contribution in [3.63, 3.8) is 0 Å². The summed E-state index contributed by atoms with van der Waals surface area (Å²) in [6.07, 6.45) is 0. The normalized spacial score (nSPS) is 10.3. The highest BCUT2D eigenvalue weighted by molar-refractivity contribution is 5.35. The summed E-state index contributed by atoms with van der Waals surface area (Å²) in [4.78, 5) is 10.0. The lowest BCUT2D eigenvalue weighted by Crippen LogP contribution is -2.20. The first kappa shape index (κ1) is 14.9. The van der Waals surface area contributed by atoms with Gasteiger partial charge in [0.2, 0.25) is 0 Å². The molecule has 0 saturated heterocycles. The Morgan fingerprint density at radius 1 is 1.19 bits per heavy atom. The first-order valence-corrected chi connectivity index (χ1v) is 6.47. The van der Waals surface area contributed by atoms with Gasteiger partial charge in [-0.05, 0) is 29.8 Å². The van der Waals surface area contributed by atoms with E-state index < -0.39 is 4.92 Å². The van der Waals surface area contributed by atoms with Crippen molar-refractivity contribution in [3.05, 3.63) is 70.0 Å². The van der Waals surface area contributed by atoms with E-state index in [1.807, 2.05) is 6.07 Å². The van der Waals surface area contributed by atoms with E-state index in [0.717, 1.165) is 5.56 Å². The van der Waals surface area contributed by atoms with Crippen LogP contribution in [0.15, 0.2) is 48.5 Å². The summed E-state index contributed by atoms with van der Waals surface area (Å²) in [5.74, 6) is 0.324. The lowest BCUT2D eigenvalue weighted by atomic mass is 10.2. The molecule has 0 atom stereocenters. The number of nitro groups is 1. The highest BCUT2D eigenvalue weighted by Crippen LogP contribution is 2.16. The number of halogens is 1. The number of ether oxygens (including phenoxy) is 1. The first-order chi connectivity index (χ1) is 10.1. The van der Waals surface area contributed by atoms with E-state index in [4.69, 9.17) is 4.74 Å². The Labute approximate surface area is 121 Å². The summed E-state index contributed by atoms with van der Waals surface area (Å²) >= 11 is 0. The zero-order chi connectivity index (χ0) is 15.1. The van der Waals surface area contributed by atoms with Gasteiger partial charge in [-0.1, -0.05) is 12.1 Å². The molecular formula is C15H15FN2O3. The topological polar surface area (TPSA) is 64.4 Å². The highest BCUT2D eigenvalue weighted by Gasteiger charge is 2.04. The van der Waals surface area contributed by atoms with E-state index >= 15 is 0 Å². The maximum absolute atomic E-state index is 13.0. The van der Waals surface area contributed by atoms with Crippen LogP contribution in [0.5, 0.6) is 5.75 Å². The molecule has 0 aliphatic rings. The lowest BCUT2D eigenvalue weighted by Gasteiger charge is -2.07. The highest BCUT2D eigenvalue weighted by atomic mass is 19.1. The van der Waals surface area contributed by atoms with Crippen LogP contribution in [0.2, 0.25) is 0 Å². The monoisotopic (exact) mass is 290 g/mol. The molecular weight excluding hydrogens is 275 g/mol. The van der Waals surface area contributed by atoms with Crippen LogP contribution in [0, 0.1) is 15.9 Å². The fraction of sp³-hybridized carbons (Fsp3) is 0.200. The number of non-ortho nitro benzene ring substituents is 1. The predicted molar refractivity (Wildman–Crippen MR) is 76.7 cm³/mol. The second kappa shape index (κ2) is 7.35. The van der Waals surface area contributed by atoms with Gasteiger partial charge >= 0.3 is 0 Å². The molecule has 2 aromatic rings. The van der Waals surface area contributed by atoms with Gasteiger partial charge in [-0.25, -0.2) is 4.39 Å². The van der Waals surface area contributed by atoms with E-state index in [2.05, 4.69) is 5.32 Å². The molecule has 0 saturated carbocycles. The zero-order valence-electron chi connectivity index (χ0n) is 11.3. The molecule has 0 heterocycles.